The van der Waals surface area contributed by atoms with Crippen LogP contribution in [0.25, 0.3) is 0 Å². The monoisotopic (exact) mass is 367 g/mol. The number of ether oxygens (including phenoxy) is 1. The van der Waals surface area contributed by atoms with Crippen molar-refractivity contribution < 1.29 is 17.9 Å². The third-order valence-electron chi connectivity index (χ3n) is 4.60. The molecule has 0 bridgehead atoms. The maximum Gasteiger partial charge on any atom is 0.238 e. The second kappa shape index (κ2) is 7.72. The first kappa shape index (κ1) is 18.2. The summed E-state index contributed by atoms with van der Waals surface area (Å²) in [7, 11) is -1.57. The van der Waals surface area contributed by atoms with Crippen LogP contribution in [-0.4, -0.2) is 68.6 Å². The molecule has 0 atom stereocenters. The molecule has 1 amide bonds. The van der Waals surface area contributed by atoms with E-state index in [0.29, 0.717) is 31.1 Å². The van der Waals surface area contributed by atoms with E-state index < -0.39 is 10.0 Å². The molecule has 0 unspecified atom stereocenters. The van der Waals surface area contributed by atoms with Crippen molar-refractivity contribution in [2.45, 2.75) is 24.5 Å². The first-order valence-electron chi connectivity index (χ1n) is 8.65. The molecular weight excluding hydrogens is 342 g/mol. The molecule has 1 saturated carbocycles. The third-order valence-corrected chi connectivity index (χ3v) is 7.00. The zero-order valence-electron chi connectivity index (χ0n) is 14.5. The number of hydrogen-bond donors (Lipinski definition) is 1. The fraction of sp³-hybridized carbons (Fsp3) is 0.588. The van der Waals surface area contributed by atoms with E-state index in [1.807, 2.05) is 17.0 Å². The quantitative estimate of drug-likeness (QED) is 0.816. The van der Waals surface area contributed by atoms with Gasteiger partial charge in [-0.2, -0.15) is 0 Å². The highest BCUT2D eigenvalue weighted by Crippen LogP contribution is 2.31. The molecule has 7 nitrogen and oxygen atoms in total. The van der Waals surface area contributed by atoms with Crippen LogP contribution in [0, 0.1) is 0 Å². The first-order valence-corrected chi connectivity index (χ1v) is 10.1. The van der Waals surface area contributed by atoms with Crippen LogP contribution >= 0.6 is 0 Å². The molecule has 1 aliphatic carbocycles. The average Bonchev–Trinajstić information content (AvgIpc) is 3.43. The van der Waals surface area contributed by atoms with Crippen LogP contribution in [-0.2, 0) is 14.8 Å². The Bertz CT molecular complexity index is 718. The van der Waals surface area contributed by atoms with Gasteiger partial charge in [0.1, 0.15) is 5.75 Å². The molecule has 1 aliphatic heterocycles. The minimum absolute atomic E-state index is 0.122. The highest BCUT2D eigenvalue weighted by atomic mass is 32.2. The molecule has 1 N–H and O–H groups in total. The third kappa shape index (κ3) is 4.50. The van der Waals surface area contributed by atoms with E-state index in [-0.39, 0.29) is 17.7 Å². The van der Waals surface area contributed by atoms with Gasteiger partial charge in [0.25, 0.3) is 0 Å². The lowest BCUT2D eigenvalue weighted by Crippen LogP contribution is -2.39. The number of carbonyl (C=O) groups is 1. The van der Waals surface area contributed by atoms with Crippen molar-refractivity contribution in [3.8, 4) is 5.75 Å². The minimum atomic E-state index is -3.13. The predicted molar refractivity (Wildman–Crippen MR) is 96.2 cm³/mol. The van der Waals surface area contributed by atoms with E-state index in [1.165, 1.54) is 0 Å². The Morgan fingerprint density at radius 3 is 2.68 bits per heavy atom. The van der Waals surface area contributed by atoms with E-state index in [4.69, 9.17) is 4.74 Å². The summed E-state index contributed by atoms with van der Waals surface area (Å²) in [4.78, 5) is 14.3. The zero-order chi connectivity index (χ0) is 17.9. The van der Waals surface area contributed by atoms with Crippen molar-refractivity contribution >= 4 is 21.6 Å². The van der Waals surface area contributed by atoms with Gasteiger partial charge in [-0.05, 0) is 37.9 Å². The molecule has 2 fully saturated rings. The van der Waals surface area contributed by atoms with Gasteiger partial charge in [-0.25, -0.2) is 12.7 Å². The Balaban J connectivity index is 1.54. The number of amides is 1. The summed E-state index contributed by atoms with van der Waals surface area (Å²) < 4.78 is 31.5. The van der Waals surface area contributed by atoms with Crippen LogP contribution in [0.1, 0.15) is 19.3 Å². The summed E-state index contributed by atoms with van der Waals surface area (Å²) in [6.07, 6.45) is 2.31. The Labute approximate surface area is 149 Å². The summed E-state index contributed by atoms with van der Waals surface area (Å²) in [6.45, 7) is 2.54. The first-order chi connectivity index (χ1) is 12.0. The maximum absolute atomic E-state index is 12.4. The molecule has 138 valence electrons. The Hall–Kier alpha value is -1.64. The van der Waals surface area contributed by atoms with Gasteiger partial charge in [0.2, 0.25) is 15.9 Å². The minimum Gasteiger partial charge on any atom is -0.495 e. The fourth-order valence-corrected chi connectivity index (χ4v) is 4.95. The molecule has 2 aliphatic rings. The zero-order valence-corrected chi connectivity index (χ0v) is 15.3. The highest BCUT2D eigenvalue weighted by Gasteiger charge is 2.40. The Kier molecular flexibility index (Phi) is 5.61. The summed E-state index contributed by atoms with van der Waals surface area (Å²) in [6, 6.07) is 7.27. The van der Waals surface area contributed by atoms with Crippen molar-refractivity contribution in [3.05, 3.63) is 24.3 Å². The lowest BCUT2D eigenvalue weighted by molar-refractivity contribution is -0.117. The molecule has 0 spiro atoms. The number of anilines is 1. The van der Waals surface area contributed by atoms with Crippen LogP contribution in [0.2, 0.25) is 0 Å². The molecular formula is C17H25N3O4S. The van der Waals surface area contributed by atoms with Gasteiger partial charge in [0.15, 0.2) is 0 Å². The SMILES string of the molecule is COc1ccccc1NC(=O)CN1CCCN(S(=O)(=O)C2CC2)CC1. The van der Waals surface area contributed by atoms with E-state index in [9.17, 15) is 13.2 Å². The highest BCUT2D eigenvalue weighted by molar-refractivity contribution is 7.90. The molecule has 1 aromatic rings. The van der Waals surface area contributed by atoms with E-state index in [0.717, 1.165) is 25.8 Å². The molecule has 1 heterocycles. The summed E-state index contributed by atoms with van der Waals surface area (Å²) in [5, 5.41) is 2.69. The number of methoxy groups -OCH3 is 1. The average molecular weight is 367 g/mol. The second-order valence-corrected chi connectivity index (χ2v) is 8.73. The Morgan fingerprint density at radius 2 is 1.96 bits per heavy atom. The van der Waals surface area contributed by atoms with E-state index in [2.05, 4.69) is 5.32 Å². The number of sulfonamides is 1. The van der Waals surface area contributed by atoms with Crippen LogP contribution in [0.15, 0.2) is 24.3 Å². The smallest absolute Gasteiger partial charge is 0.238 e. The van der Waals surface area contributed by atoms with Crippen molar-refractivity contribution in [1.82, 2.24) is 9.21 Å². The second-order valence-electron chi connectivity index (χ2n) is 6.52. The summed E-state index contributed by atoms with van der Waals surface area (Å²) in [5.41, 5.74) is 0.641. The number of nitrogens with one attached hydrogen (secondary N) is 1. The van der Waals surface area contributed by atoms with Crippen molar-refractivity contribution in [3.63, 3.8) is 0 Å². The number of nitrogens with zero attached hydrogens (tertiary/aromatic N) is 2. The number of benzene rings is 1. The van der Waals surface area contributed by atoms with Crippen LogP contribution in [0.4, 0.5) is 5.69 Å². The Morgan fingerprint density at radius 1 is 1.20 bits per heavy atom. The summed E-state index contributed by atoms with van der Waals surface area (Å²) >= 11 is 0. The largest absolute Gasteiger partial charge is 0.495 e. The molecule has 1 aromatic carbocycles. The lowest BCUT2D eigenvalue weighted by atomic mass is 10.3. The number of para-hydroxylation sites is 2. The topological polar surface area (TPSA) is 79.0 Å². The van der Waals surface area contributed by atoms with Crippen molar-refractivity contribution in [1.29, 1.82) is 0 Å². The standard InChI is InChI=1S/C17H25N3O4S/c1-24-16-6-3-2-5-15(16)18-17(21)13-19-9-4-10-20(12-11-19)25(22,23)14-7-8-14/h2-3,5-6,14H,4,7-13H2,1H3,(H,18,21). The van der Waals surface area contributed by atoms with Crippen LogP contribution in [0.5, 0.6) is 5.75 Å². The van der Waals surface area contributed by atoms with Gasteiger partial charge in [0.05, 0.1) is 24.6 Å². The van der Waals surface area contributed by atoms with Gasteiger partial charge < -0.3 is 10.1 Å². The van der Waals surface area contributed by atoms with Crippen molar-refractivity contribution in [2.24, 2.45) is 0 Å². The number of hydrogen-bond acceptors (Lipinski definition) is 5. The van der Waals surface area contributed by atoms with Gasteiger partial charge in [0, 0.05) is 19.6 Å². The van der Waals surface area contributed by atoms with Gasteiger partial charge in [-0.15, -0.1) is 0 Å². The molecule has 1 saturated heterocycles. The fourth-order valence-electron chi connectivity index (χ4n) is 3.08. The summed E-state index contributed by atoms with van der Waals surface area (Å²) in [5.74, 6) is 0.497. The van der Waals surface area contributed by atoms with Crippen LogP contribution in [0.3, 0.4) is 0 Å². The molecule has 25 heavy (non-hydrogen) atoms. The maximum atomic E-state index is 12.4. The van der Waals surface area contributed by atoms with Crippen LogP contribution < -0.4 is 10.1 Å². The van der Waals surface area contributed by atoms with Gasteiger partial charge in [-0.3, -0.25) is 9.69 Å². The van der Waals surface area contributed by atoms with Crippen molar-refractivity contribution in [2.75, 3.05) is 45.2 Å². The van der Waals surface area contributed by atoms with E-state index in [1.54, 1.807) is 23.5 Å². The number of carbonyl (C=O) groups excluding carboxylic acids is 1. The normalized spacial score (nSPS) is 20.0. The molecule has 0 radical (unpaired) electrons. The lowest BCUT2D eigenvalue weighted by Gasteiger charge is -2.21. The molecule has 3 rings (SSSR count). The molecule has 0 aromatic heterocycles. The number of rotatable bonds is 6. The van der Waals surface area contributed by atoms with Gasteiger partial charge >= 0.3 is 0 Å². The molecule has 8 heteroatoms. The van der Waals surface area contributed by atoms with E-state index >= 15 is 0 Å². The predicted octanol–water partition coefficient (Wildman–Crippen LogP) is 1.13. The van der Waals surface area contributed by atoms with Gasteiger partial charge in [-0.1, -0.05) is 12.1 Å².